The topological polar surface area (TPSA) is 242 Å². The highest BCUT2D eigenvalue weighted by atomic mass is 16.5. The van der Waals surface area contributed by atoms with E-state index in [1.54, 1.807) is 66.1 Å². The van der Waals surface area contributed by atoms with Crippen LogP contribution in [0.3, 0.4) is 0 Å². The minimum absolute atomic E-state index is 0.000305. The molecule has 4 amide bonds. The fraction of sp³-hybridized carbons (Fsp3) is 0.500. The molecule has 5 rings (SSSR count). The van der Waals surface area contributed by atoms with Crippen molar-refractivity contribution in [3.63, 3.8) is 0 Å². The van der Waals surface area contributed by atoms with Crippen LogP contribution in [0.15, 0.2) is 54.2 Å². The van der Waals surface area contributed by atoms with E-state index in [4.69, 9.17) is 28.8 Å². The summed E-state index contributed by atoms with van der Waals surface area (Å²) < 4.78 is 36.8. The zero-order valence-corrected chi connectivity index (χ0v) is 43.5. The molecule has 4 aromatic rings. The zero-order valence-electron chi connectivity index (χ0n) is 43.5. The van der Waals surface area contributed by atoms with Crippen LogP contribution < -0.4 is 40.2 Å². The summed E-state index contributed by atoms with van der Waals surface area (Å²) in [6.45, 7) is 13.4. The number of aromatic nitrogens is 4. The molecule has 0 aliphatic heterocycles. The number of allylic oxidation sites excluding steroid dienone is 1. The lowest BCUT2D eigenvalue weighted by Crippen LogP contribution is -2.41. The highest BCUT2D eigenvalue weighted by Crippen LogP contribution is 2.46. The van der Waals surface area contributed by atoms with Gasteiger partial charge in [0.1, 0.15) is 42.7 Å². The molecule has 0 spiro atoms. The Balaban J connectivity index is 1.27. The van der Waals surface area contributed by atoms with E-state index in [-0.39, 0.29) is 60.7 Å². The molecule has 72 heavy (non-hydrogen) atoms. The SMILES string of the molecule is COC(=O)CNC(=O)C[C@H](CC(C)C)NC(=O)c1cc(-c2c(OC)ccc(COC(=O)CNC(=O)C/C(=C\C(C)C)NC(=O)c3cc(-c4c(OC)cccc4OC)n(CC(C)(C)C)n3)c2OC)n(C2CC2)n1. The zero-order chi connectivity index (χ0) is 52.9. The Bertz CT molecular complexity index is 2600. The van der Waals surface area contributed by atoms with Crippen LogP contribution in [-0.4, -0.2) is 110 Å². The molecule has 4 N–H and O–H groups in total. The van der Waals surface area contributed by atoms with Gasteiger partial charge in [-0.2, -0.15) is 10.2 Å². The number of carbonyl (C=O) groups excluding carboxylic acids is 6. The Morgan fingerprint density at radius 1 is 0.750 bits per heavy atom. The Morgan fingerprint density at radius 3 is 1.94 bits per heavy atom. The molecule has 2 aromatic carbocycles. The van der Waals surface area contributed by atoms with Gasteiger partial charge in [-0.05, 0) is 72.9 Å². The number of hydrogen-bond acceptors (Lipinski definition) is 14. The van der Waals surface area contributed by atoms with Gasteiger partial charge >= 0.3 is 11.9 Å². The largest absolute Gasteiger partial charge is 0.496 e. The second-order valence-electron chi connectivity index (χ2n) is 19.5. The number of rotatable bonds is 25. The molecule has 0 radical (unpaired) electrons. The molecule has 1 atom stereocenters. The molecule has 0 unspecified atom stereocenters. The van der Waals surface area contributed by atoms with E-state index >= 15 is 0 Å². The summed E-state index contributed by atoms with van der Waals surface area (Å²) in [5.74, 6) is -1.40. The predicted molar refractivity (Wildman–Crippen MR) is 267 cm³/mol. The number of carbonyl (C=O) groups is 6. The molecule has 20 heteroatoms. The number of benzene rings is 2. The maximum Gasteiger partial charge on any atom is 0.325 e. The van der Waals surface area contributed by atoms with Crippen LogP contribution in [0.1, 0.15) is 113 Å². The summed E-state index contributed by atoms with van der Waals surface area (Å²) in [5, 5.41) is 20.3. The Kier molecular flexibility index (Phi) is 19.4. The first kappa shape index (κ1) is 55.5. The lowest BCUT2D eigenvalue weighted by atomic mass is 9.96. The molecule has 1 aliphatic rings. The third-order valence-corrected chi connectivity index (χ3v) is 11.2. The summed E-state index contributed by atoms with van der Waals surface area (Å²) in [4.78, 5) is 78.5. The Morgan fingerprint density at radius 2 is 1.36 bits per heavy atom. The number of methoxy groups -OCH3 is 5. The first-order valence-electron chi connectivity index (χ1n) is 23.9. The number of ether oxygens (including phenoxy) is 6. The Hall–Kier alpha value is -7.38. The van der Waals surface area contributed by atoms with Gasteiger partial charge in [0, 0.05) is 30.3 Å². The molecular weight excluding hydrogens is 929 g/mol. The van der Waals surface area contributed by atoms with Crippen molar-refractivity contribution in [2.75, 3.05) is 48.6 Å². The summed E-state index contributed by atoms with van der Waals surface area (Å²) in [7, 11) is 7.31. The van der Waals surface area contributed by atoms with Crippen molar-refractivity contribution in [3.8, 4) is 45.5 Å². The normalized spacial score (nSPS) is 13.0. The highest BCUT2D eigenvalue weighted by molar-refractivity contribution is 5.96. The van der Waals surface area contributed by atoms with Crippen molar-refractivity contribution in [3.05, 3.63) is 71.2 Å². The van der Waals surface area contributed by atoms with Gasteiger partial charge in [0.25, 0.3) is 11.8 Å². The van der Waals surface area contributed by atoms with E-state index < -0.39 is 48.2 Å². The molecule has 20 nitrogen and oxygen atoms in total. The van der Waals surface area contributed by atoms with Gasteiger partial charge in [0.2, 0.25) is 11.8 Å². The molecule has 0 bridgehead atoms. The Labute approximate surface area is 420 Å². The van der Waals surface area contributed by atoms with E-state index in [1.165, 1.54) is 21.3 Å². The van der Waals surface area contributed by atoms with E-state index in [0.29, 0.717) is 69.7 Å². The van der Waals surface area contributed by atoms with Gasteiger partial charge in [-0.1, -0.05) is 60.6 Å². The maximum absolute atomic E-state index is 13.9. The minimum Gasteiger partial charge on any atom is -0.496 e. The quantitative estimate of drug-likeness (QED) is 0.0543. The molecule has 2 heterocycles. The molecule has 1 saturated carbocycles. The van der Waals surface area contributed by atoms with Gasteiger partial charge in [0.15, 0.2) is 11.4 Å². The van der Waals surface area contributed by atoms with Crippen LogP contribution in [-0.2, 0) is 41.8 Å². The van der Waals surface area contributed by atoms with Gasteiger partial charge in [-0.3, -0.25) is 38.1 Å². The molecule has 1 fully saturated rings. The van der Waals surface area contributed by atoms with Crippen molar-refractivity contribution in [1.29, 1.82) is 0 Å². The second kappa shape index (κ2) is 25.1. The van der Waals surface area contributed by atoms with Gasteiger partial charge < -0.3 is 49.7 Å². The highest BCUT2D eigenvalue weighted by Gasteiger charge is 2.33. The number of hydrogen-bond donors (Lipinski definition) is 4. The van der Waals surface area contributed by atoms with Gasteiger partial charge in [0.05, 0.1) is 70.5 Å². The number of nitrogens with zero attached hydrogens (tertiary/aromatic N) is 4. The minimum atomic E-state index is -0.734. The van der Waals surface area contributed by atoms with E-state index in [9.17, 15) is 28.8 Å². The van der Waals surface area contributed by atoms with Crippen molar-refractivity contribution < 1.29 is 57.2 Å². The second-order valence-corrected chi connectivity index (χ2v) is 19.5. The number of esters is 2. The summed E-state index contributed by atoms with van der Waals surface area (Å²) in [5.41, 5.74) is 3.06. The monoisotopic (exact) mass is 999 g/mol. The smallest absolute Gasteiger partial charge is 0.325 e. The van der Waals surface area contributed by atoms with Gasteiger partial charge in [-0.15, -0.1) is 0 Å². The van der Waals surface area contributed by atoms with Crippen LogP contribution in [0, 0.1) is 17.3 Å². The summed E-state index contributed by atoms with van der Waals surface area (Å²) >= 11 is 0. The van der Waals surface area contributed by atoms with Crippen molar-refractivity contribution in [2.24, 2.45) is 17.3 Å². The first-order valence-corrected chi connectivity index (χ1v) is 23.9. The van der Waals surface area contributed by atoms with Crippen LogP contribution in [0.4, 0.5) is 0 Å². The molecule has 0 saturated heterocycles. The van der Waals surface area contributed by atoms with Crippen LogP contribution in [0.2, 0.25) is 0 Å². The molecule has 2 aromatic heterocycles. The third-order valence-electron chi connectivity index (χ3n) is 11.2. The standard InChI is InChI=1S/C52H70N8O12/c1-30(2)20-33(55-50(65)36-24-38(59(57-36)29-52(5,6)7)47-40(67-8)14-13-15-41(47)68-9)23-44(62)54-27-46(64)72-28-32-16-19-42(69-10)48(49(32)71-12)39-25-37(58-60(39)35-17-18-35)51(66)56-34(21-31(3)4)22-43(61)53-26-45(63)70-11/h13-16,19-20,24-25,30-31,34-35H,17-18,21-23,26-29H2,1-12H3,(H,53,61)(H,54,62)(H,55,65)(H,56,66)/b33-20+/t34-/m0/s1. The summed E-state index contributed by atoms with van der Waals surface area (Å²) in [6.07, 6.45) is 3.59. The maximum atomic E-state index is 13.9. The molecular formula is C52H70N8O12. The third kappa shape index (κ3) is 15.3. The van der Waals surface area contributed by atoms with Crippen molar-refractivity contribution in [1.82, 2.24) is 40.8 Å². The van der Waals surface area contributed by atoms with Crippen molar-refractivity contribution in [2.45, 2.75) is 106 Å². The number of amides is 4. The van der Waals surface area contributed by atoms with E-state index in [0.717, 1.165) is 12.8 Å². The van der Waals surface area contributed by atoms with Crippen LogP contribution >= 0.6 is 0 Å². The average molecular weight is 999 g/mol. The van der Waals surface area contributed by atoms with Crippen LogP contribution in [0.25, 0.3) is 22.5 Å². The predicted octanol–water partition coefficient (Wildman–Crippen LogP) is 6.17. The molecule has 1 aliphatic carbocycles. The number of nitrogens with one attached hydrogen (secondary N) is 4. The summed E-state index contributed by atoms with van der Waals surface area (Å²) in [6, 6.07) is 11.5. The lowest BCUT2D eigenvalue weighted by Gasteiger charge is -2.21. The first-order chi connectivity index (χ1) is 34.2. The fourth-order valence-corrected chi connectivity index (χ4v) is 7.99. The van der Waals surface area contributed by atoms with Crippen LogP contribution in [0.5, 0.6) is 23.0 Å². The van der Waals surface area contributed by atoms with E-state index in [1.807, 2.05) is 33.8 Å². The van der Waals surface area contributed by atoms with Gasteiger partial charge in [-0.25, -0.2) is 0 Å². The fourth-order valence-electron chi connectivity index (χ4n) is 7.99. The average Bonchev–Trinajstić information content (AvgIpc) is 3.94. The van der Waals surface area contributed by atoms with Crippen molar-refractivity contribution >= 4 is 35.6 Å². The lowest BCUT2D eigenvalue weighted by molar-refractivity contribution is -0.145. The van der Waals surface area contributed by atoms with E-state index in [2.05, 4.69) is 51.9 Å². The molecule has 390 valence electrons.